The van der Waals surface area contributed by atoms with Gasteiger partial charge in [-0.25, -0.2) is 0 Å². The number of ether oxygens (including phenoxy) is 4. The standard InChI is InChI=1S/C35H63F3N4O13/c1-2-3-4-5-6-7-8-9-10-11-12-13-14-22(44)41-19-15-18(40)30(54-33-28(49)27(48)25(46)20(16-39)52-33)29(50)31(19)55-32-26(47)23(24(45)21(17-43)53-32)42-34(51)35(36,37)38/h18-21,23-33,43,45-50H,2-17,39-40H2,1H3,(H,41,44)(H,42,51). The van der Waals surface area contributed by atoms with E-state index < -0.39 is 116 Å². The summed E-state index contributed by atoms with van der Waals surface area (Å²) in [5.74, 6) is -2.94. The molecule has 3 fully saturated rings. The molecule has 0 aromatic heterocycles. The van der Waals surface area contributed by atoms with Gasteiger partial charge in [-0.05, 0) is 12.8 Å². The third-order valence-electron chi connectivity index (χ3n) is 10.5. The van der Waals surface area contributed by atoms with Crippen molar-refractivity contribution >= 4 is 11.8 Å². The molecule has 1 aliphatic carbocycles. The molecule has 17 nitrogen and oxygen atoms in total. The summed E-state index contributed by atoms with van der Waals surface area (Å²) in [4.78, 5) is 24.9. The van der Waals surface area contributed by atoms with Gasteiger partial charge in [0.05, 0.1) is 18.7 Å². The first kappa shape index (κ1) is 47.6. The fourth-order valence-corrected chi connectivity index (χ4v) is 7.28. The summed E-state index contributed by atoms with van der Waals surface area (Å²) in [6.07, 6.45) is -13.3. The Morgan fingerprint density at radius 2 is 1.24 bits per heavy atom. The van der Waals surface area contributed by atoms with Crippen molar-refractivity contribution in [2.45, 2.75) is 195 Å². The van der Waals surface area contributed by atoms with E-state index >= 15 is 0 Å². The number of hydrogen-bond donors (Lipinski definition) is 11. The maximum Gasteiger partial charge on any atom is 0.471 e. The number of nitrogens with one attached hydrogen (secondary N) is 2. The number of alkyl halides is 3. The van der Waals surface area contributed by atoms with Crippen LogP contribution in [0.4, 0.5) is 13.2 Å². The molecule has 15 unspecified atom stereocenters. The first-order chi connectivity index (χ1) is 26.0. The Bertz CT molecular complexity index is 1150. The fraction of sp³-hybridized carbons (Fsp3) is 0.943. The van der Waals surface area contributed by atoms with E-state index in [1.807, 2.05) is 0 Å². The number of nitrogens with two attached hydrogens (primary N) is 2. The molecule has 0 spiro atoms. The van der Waals surface area contributed by atoms with Crippen molar-refractivity contribution in [3.8, 4) is 0 Å². The normalized spacial score (nSPS) is 37.1. The smallest absolute Gasteiger partial charge is 0.394 e. The largest absolute Gasteiger partial charge is 0.471 e. The lowest BCUT2D eigenvalue weighted by Gasteiger charge is -2.49. The van der Waals surface area contributed by atoms with Gasteiger partial charge in [0.25, 0.3) is 0 Å². The fourth-order valence-electron chi connectivity index (χ4n) is 7.28. The Hall–Kier alpha value is -1.79. The molecule has 3 rings (SSSR count). The molecule has 322 valence electrons. The van der Waals surface area contributed by atoms with Crippen LogP contribution in [0, 0.1) is 0 Å². The summed E-state index contributed by atoms with van der Waals surface area (Å²) in [5, 5.41) is 78.3. The highest BCUT2D eigenvalue weighted by molar-refractivity contribution is 5.82. The van der Waals surface area contributed by atoms with Gasteiger partial charge >= 0.3 is 12.1 Å². The molecule has 13 N–H and O–H groups in total. The van der Waals surface area contributed by atoms with Crippen molar-refractivity contribution in [3.63, 3.8) is 0 Å². The van der Waals surface area contributed by atoms with E-state index in [-0.39, 0.29) is 19.4 Å². The first-order valence-corrected chi connectivity index (χ1v) is 19.5. The molecular weight excluding hydrogens is 741 g/mol. The van der Waals surface area contributed by atoms with Gasteiger partial charge < -0.3 is 76.8 Å². The minimum Gasteiger partial charge on any atom is -0.394 e. The summed E-state index contributed by atoms with van der Waals surface area (Å²) >= 11 is 0. The second-order valence-electron chi connectivity index (χ2n) is 14.9. The van der Waals surface area contributed by atoms with Crippen LogP contribution >= 0.6 is 0 Å². The predicted octanol–water partition coefficient (Wildman–Crippen LogP) is -1.32. The number of carbonyl (C=O) groups excluding carboxylic acids is 2. The summed E-state index contributed by atoms with van der Waals surface area (Å²) in [6, 6.07) is -4.30. The Morgan fingerprint density at radius 3 is 1.78 bits per heavy atom. The predicted molar refractivity (Wildman–Crippen MR) is 187 cm³/mol. The van der Waals surface area contributed by atoms with Gasteiger partial charge in [0.2, 0.25) is 5.91 Å². The molecule has 0 bridgehead atoms. The van der Waals surface area contributed by atoms with Gasteiger partial charge in [-0.2, -0.15) is 13.2 Å². The van der Waals surface area contributed by atoms with E-state index in [0.717, 1.165) is 32.1 Å². The number of rotatable bonds is 21. The average molecular weight is 805 g/mol. The molecule has 20 heteroatoms. The van der Waals surface area contributed by atoms with Crippen LogP contribution < -0.4 is 22.1 Å². The highest BCUT2D eigenvalue weighted by Crippen LogP contribution is 2.33. The number of aliphatic hydroxyl groups excluding tert-OH is 7. The van der Waals surface area contributed by atoms with Crippen molar-refractivity contribution in [1.82, 2.24) is 10.6 Å². The van der Waals surface area contributed by atoms with Crippen LogP contribution in [0.1, 0.15) is 96.8 Å². The molecule has 0 radical (unpaired) electrons. The Balaban J connectivity index is 1.71. The first-order valence-electron chi connectivity index (χ1n) is 19.5. The summed E-state index contributed by atoms with van der Waals surface area (Å²) < 4.78 is 62.0. The molecule has 2 aliphatic heterocycles. The van der Waals surface area contributed by atoms with Gasteiger partial charge in [-0.1, -0.05) is 77.6 Å². The van der Waals surface area contributed by atoms with Gasteiger partial charge in [0, 0.05) is 19.0 Å². The Labute approximate surface area is 319 Å². The van der Waals surface area contributed by atoms with E-state index in [4.69, 9.17) is 30.4 Å². The lowest BCUT2D eigenvalue weighted by Crippen LogP contribution is -2.70. The number of unbranched alkanes of at least 4 members (excludes halogenated alkanes) is 11. The third-order valence-corrected chi connectivity index (χ3v) is 10.5. The maximum absolute atomic E-state index is 13.2. The summed E-state index contributed by atoms with van der Waals surface area (Å²) in [6.45, 7) is 0.916. The molecule has 15 atom stereocenters. The topological polar surface area (TPSA) is 289 Å². The number of halogens is 3. The zero-order valence-corrected chi connectivity index (χ0v) is 31.3. The average Bonchev–Trinajstić information content (AvgIpc) is 3.14. The van der Waals surface area contributed by atoms with E-state index in [1.165, 1.54) is 43.8 Å². The van der Waals surface area contributed by atoms with E-state index in [9.17, 15) is 58.5 Å². The highest BCUT2D eigenvalue weighted by atomic mass is 19.4. The molecule has 0 aromatic rings. The highest BCUT2D eigenvalue weighted by Gasteiger charge is 2.54. The van der Waals surface area contributed by atoms with Crippen molar-refractivity contribution in [1.29, 1.82) is 0 Å². The molecule has 3 aliphatic rings. The molecular formula is C35H63F3N4O13. The number of carbonyl (C=O) groups is 2. The zero-order chi connectivity index (χ0) is 40.9. The number of amides is 2. The summed E-state index contributed by atoms with van der Waals surface area (Å²) in [5.41, 5.74) is 12.0. The molecule has 55 heavy (non-hydrogen) atoms. The molecule has 2 heterocycles. The van der Waals surface area contributed by atoms with Gasteiger partial charge in [0.1, 0.15) is 61.0 Å². The van der Waals surface area contributed by atoms with E-state index in [1.54, 1.807) is 0 Å². The quantitative estimate of drug-likeness (QED) is 0.0600. The second kappa shape index (κ2) is 23.0. The van der Waals surface area contributed by atoms with Crippen LogP contribution in [0.5, 0.6) is 0 Å². The van der Waals surface area contributed by atoms with Crippen LogP contribution in [-0.2, 0) is 28.5 Å². The minimum atomic E-state index is -5.40. The van der Waals surface area contributed by atoms with Crippen molar-refractivity contribution in [2.24, 2.45) is 11.5 Å². The molecule has 2 saturated heterocycles. The maximum atomic E-state index is 13.2. The second-order valence-corrected chi connectivity index (χ2v) is 14.9. The molecule has 2 amide bonds. The number of hydrogen-bond acceptors (Lipinski definition) is 15. The SMILES string of the molecule is CCCCCCCCCCCCCCC(=O)NC1CC(N)C(OC2OC(CN)C(O)C(O)C2O)C(O)C1OC1OC(CO)C(O)C(NC(=O)C(F)(F)F)C1O. The van der Waals surface area contributed by atoms with Crippen LogP contribution in [0.15, 0.2) is 0 Å². The third kappa shape index (κ3) is 13.6. The number of aliphatic hydroxyl groups is 7. The Kier molecular flexibility index (Phi) is 19.9. The van der Waals surface area contributed by atoms with Crippen LogP contribution in [0.2, 0.25) is 0 Å². The van der Waals surface area contributed by atoms with Gasteiger partial charge in [-0.3, -0.25) is 9.59 Å². The van der Waals surface area contributed by atoms with Crippen LogP contribution in [0.25, 0.3) is 0 Å². The molecule has 1 saturated carbocycles. The zero-order valence-electron chi connectivity index (χ0n) is 31.3. The van der Waals surface area contributed by atoms with Crippen molar-refractivity contribution in [2.75, 3.05) is 13.2 Å². The Morgan fingerprint density at radius 1 is 0.709 bits per heavy atom. The lowest BCUT2D eigenvalue weighted by molar-refractivity contribution is -0.333. The monoisotopic (exact) mass is 804 g/mol. The minimum absolute atomic E-state index is 0.0988. The van der Waals surface area contributed by atoms with Gasteiger partial charge in [0.15, 0.2) is 12.6 Å². The van der Waals surface area contributed by atoms with Crippen molar-refractivity contribution < 1.29 is 77.5 Å². The van der Waals surface area contributed by atoms with Crippen LogP contribution in [0.3, 0.4) is 0 Å². The molecule has 0 aromatic carbocycles. The summed E-state index contributed by atoms with van der Waals surface area (Å²) in [7, 11) is 0. The van der Waals surface area contributed by atoms with Crippen molar-refractivity contribution in [3.05, 3.63) is 0 Å². The van der Waals surface area contributed by atoms with Gasteiger partial charge in [-0.15, -0.1) is 0 Å². The van der Waals surface area contributed by atoms with E-state index in [0.29, 0.717) is 6.42 Å². The van der Waals surface area contributed by atoms with Crippen LogP contribution in [-0.4, -0.2) is 159 Å². The van der Waals surface area contributed by atoms with E-state index in [2.05, 4.69) is 12.2 Å². The lowest BCUT2D eigenvalue weighted by atomic mass is 9.83.